The van der Waals surface area contributed by atoms with Gasteiger partial charge < -0.3 is 9.47 Å². The van der Waals surface area contributed by atoms with E-state index >= 15 is 0 Å². The third-order valence-corrected chi connectivity index (χ3v) is 1.19. The zero-order valence-electron chi connectivity index (χ0n) is 5.30. The van der Waals surface area contributed by atoms with Crippen LogP contribution in [0.5, 0.6) is 0 Å². The van der Waals surface area contributed by atoms with Crippen molar-refractivity contribution < 1.29 is 9.47 Å². The molecule has 0 saturated carbocycles. The van der Waals surface area contributed by atoms with Crippen molar-refractivity contribution in [3.8, 4) is 0 Å². The second-order valence-corrected chi connectivity index (χ2v) is 2.13. The summed E-state index contributed by atoms with van der Waals surface area (Å²) < 4.78 is 9.85. The summed E-state index contributed by atoms with van der Waals surface area (Å²) >= 11 is 0. The Morgan fingerprint density at radius 1 is 1.00 bits per heavy atom. The van der Waals surface area contributed by atoms with Gasteiger partial charge in [0, 0.05) is 0 Å². The lowest BCUT2D eigenvalue weighted by molar-refractivity contribution is -0.217. The van der Waals surface area contributed by atoms with Crippen molar-refractivity contribution in [1.82, 2.24) is 0 Å². The molecule has 1 saturated heterocycles. The van der Waals surface area contributed by atoms with E-state index in [2.05, 4.69) is 0 Å². The molecule has 9 heavy (non-hydrogen) atoms. The zero-order valence-corrected chi connectivity index (χ0v) is 5.30. The average molecular weight is 132 g/mol. The SMILES string of the molecule is NC1(N)OCCCCO1. The van der Waals surface area contributed by atoms with Gasteiger partial charge in [0.15, 0.2) is 0 Å². The van der Waals surface area contributed by atoms with E-state index in [-0.39, 0.29) is 0 Å². The first-order valence-electron chi connectivity index (χ1n) is 3.06. The van der Waals surface area contributed by atoms with Crippen LogP contribution in [0.2, 0.25) is 0 Å². The molecule has 1 aliphatic heterocycles. The van der Waals surface area contributed by atoms with Crippen molar-refractivity contribution in [1.29, 1.82) is 0 Å². The Bertz CT molecular complexity index is 85.0. The van der Waals surface area contributed by atoms with Crippen LogP contribution in [0.4, 0.5) is 0 Å². The second kappa shape index (κ2) is 2.62. The maximum atomic E-state index is 5.31. The van der Waals surface area contributed by atoms with Crippen LogP contribution in [-0.2, 0) is 9.47 Å². The summed E-state index contributed by atoms with van der Waals surface area (Å²) in [6, 6.07) is -1.34. The van der Waals surface area contributed by atoms with Crippen LogP contribution in [0.3, 0.4) is 0 Å². The van der Waals surface area contributed by atoms with Crippen molar-refractivity contribution >= 4 is 0 Å². The first kappa shape index (κ1) is 6.95. The van der Waals surface area contributed by atoms with E-state index in [0.29, 0.717) is 13.2 Å². The highest BCUT2D eigenvalue weighted by Crippen LogP contribution is 2.05. The molecule has 0 aliphatic carbocycles. The molecule has 54 valence electrons. The highest BCUT2D eigenvalue weighted by Gasteiger charge is 2.21. The Kier molecular flexibility index (Phi) is 2.02. The standard InChI is InChI=1S/C5H12N2O2/c6-5(7)8-3-1-2-4-9-5/h1-4,6-7H2. The highest BCUT2D eigenvalue weighted by atomic mass is 16.7. The molecule has 0 aromatic heterocycles. The minimum Gasteiger partial charge on any atom is -0.325 e. The number of rotatable bonds is 0. The first-order valence-corrected chi connectivity index (χ1v) is 3.06. The molecule has 4 N–H and O–H groups in total. The largest absolute Gasteiger partial charge is 0.325 e. The average Bonchev–Trinajstić information content (AvgIpc) is 1.92. The van der Waals surface area contributed by atoms with Crippen LogP contribution in [-0.4, -0.2) is 19.2 Å². The lowest BCUT2D eigenvalue weighted by atomic mass is 10.3. The third-order valence-electron chi connectivity index (χ3n) is 1.19. The molecule has 0 unspecified atom stereocenters. The van der Waals surface area contributed by atoms with E-state index in [0.717, 1.165) is 12.8 Å². The molecule has 1 heterocycles. The molecule has 1 aliphatic rings. The van der Waals surface area contributed by atoms with Gasteiger partial charge in [-0.15, -0.1) is 0 Å². The number of ether oxygens (including phenoxy) is 2. The van der Waals surface area contributed by atoms with Crippen molar-refractivity contribution in [2.45, 2.75) is 18.9 Å². The smallest absolute Gasteiger partial charge is 0.286 e. The fourth-order valence-electron chi connectivity index (χ4n) is 0.709. The predicted molar refractivity (Wildman–Crippen MR) is 32.2 cm³/mol. The molecule has 0 amide bonds. The van der Waals surface area contributed by atoms with Crippen LogP contribution < -0.4 is 11.5 Å². The van der Waals surface area contributed by atoms with Crippen LogP contribution in [0.25, 0.3) is 0 Å². The van der Waals surface area contributed by atoms with Crippen LogP contribution in [0.1, 0.15) is 12.8 Å². The van der Waals surface area contributed by atoms with Gasteiger partial charge >= 0.3 is 0 Å². The summed E-state index contributed by atoms with van der Waals surface area (Å²) in [7, 11) is 0. The van der Waals surface area contributed by atoms with E-state index in [4.69, 9.17) is 20.9 Å². The molecular weight excluding hydrogens is 120 g/mol. The second-order valence-electron chi connectivity index (χ2n) is 2.13. The Balaban J connectivity index is 2.36. The molecule has 1 rings (SSSR count). The van der Waals surface area contributed by atoms with Gasteiger partial charge in [0.05, 0.1) is 13.2 Å². The summed E-state index contributed by atoms with van der Waals surface area (Å²) in [5, 5.41) is 0. The van der Waals surface area contributed by atoms with E-state index in [1.807, 2.05) is 0 Å². The number of hydrogen-bond donors (Lipinski definition) is 2. The van der Waals surface area contributed by atoms with E-state index in [1.54, 1.807) is 0 Å². The molecular formula is C5H12N2O2. The maximum Gasteiger partial charge on any atom is 0.286 e. The first-order chi connectivity index (χ1) is 4.21. The van der Waals surface area contributed by atoms with Crippen molar-refractivity contribution in [2.75, 3.05) is 13.2 Å². The molecule has 0 aromatic carbocycles. The molecule has 1 fully saturated rings. The van der Waals surface area contributed by atoms with E-state index < -0.39 is 6.03 Å². The summed E-state index contributed by atoms with van der Waals surface area (Å²) in [5.41, 5.74) is 10.6. The topological polar surface area (TPSA) is 70.5 Å². The summed E-state index contributed by atoms with van der Waals surface area (Å²) in [5.74, 6) is 0. The molecule has 4 heteroatoms. The Labute approximate surface area is 54.1 Å². The molecule has 0 bridgehead atoms. The van der Waals surface area contributed by atoms with Gasteiger partial charge in [-0.25, -0.2) is 0 Å². The molecule has 0 spiro atoms. The highest BCUT2D eigenvalue weighted by molar-refractivity contribution is 4.53. The Morgan fingerprint density at radius 2 is 1.44 bits per heavy atom. The minimum atomic E-state index is -1.34. The number of hydrogen-bond acceptors (Lipinski definition) is 4. The monoisotopic (exact) mass is 132 g/mol. The van der Waals surface area contributed by atoms with Gasteiger partial charge in [0.2, 0.25) is 0 Å². The molecule has 0 aromatic rings. The minimum absolute atomic E-state index is 0.590. The fraction of sp³-hybridized carbons (Fsp3) is 1.00. The zero-order chi connectivity index (χ0) is 6.74. The van der Waals surface area contributed by atoms with Gasteiger partial charge in [-0.05, 0) is 12.8 Å². The predicted octanol–water partition coefficient (Wildman–Crippen LogP) is -0.658. The molecule has 0 atom stereocenters. The fourth-order valence-corrected chi connectivity index (χ4v) is 0.709. The summed E-state index contributed by atoms with van der Waals surface area (Å²) in [4.78, 5) is 0. The van der Waals surface area contributed by atoms with Gasteiger partial charge in [0.1, 0.15) is 0 Å². The van der Waals surface area contributed by atoms with Gasteiger partial charge in [-0.1, -0.05) is 0 Å². The van der Waals surface area contributed by atoms with Crippen molar-refractivity contribution in [3.63, 3.8) is 0 Å². The van der Waals surface area contributed by atoms with Crippen molar-refractivity contribution in [3.05, 3.63) is 0 Å². The van der Waals surface area contributed by atoms with Crippen LogP contribution >= 0.6 is 0 Å². The van der Waals surface area contributed by atoms with Crippen LogP contribution in [0, 0.1) is 0 Å². The normalized spacial score (nSPS) is 27.3. The van der Waals surface area contributed by atoms with Gasteiger partial charge in [-0.2, -0.15) is 0 Å². The lowest BCUT2D eigenvalue weighted by Gasteiger charge is -2.21. The number of nitrogens with two attached hydrogens (primary N) is 2. The molecule has 4 nitrogen and oxygen atoms in total. The van der Waals surface area contributed by atoms with Crippen molar-refractivity contribution in [2.24, 2.45) is 11.5 Å². The van der Waals surface area contributed by atoms with Crippen LogP contribution in [0.15, 0.2) is 0 Å². The van der Waals surface area contributed by atoms with E-state index in [9.17, 15) is 0 Å². The maximum absolute atomic E-state index is 5.31. The summed E-state index contributed by atoms with van der Waals surface area (Å²) in [6.45, 7) is 1.18. The third kappa shape index (κ3) is 2.28. The Hall–Kier alpha value is -0.160. The quantitative estimate of drug-likeness (QED) is 0.429. The lowest BCUT2D eigenvalue weighted by Crippen LogP contribution is -2.53. The summed E-state index contributed by atoms with van der Waals surface area (Å²) in [6.07, 6.45) is 1.94. The van der Waals surface area contributed by atoms with Gasteiger partial charge in [0.25, 0.3) is 6.03 Å². The Morgan fingerprint density at radius 3 is 1.89 bits per heavy atom. The van der Waals surface area contributed by atoms with Gasteiger partial charge in [-0.3, -0.25) is 11.5 Å². The van der Waals surface area contributed by atoms with E-state index in [1.165, 1.54) is 0 Å². The molecule has 0 radical (unpaired) electrons.